The zero-order valence-electron chi connectivity index (χ0n) is 17.9. The predicted octanol–water partition coefficient (Wildman–Crippen LogP) is 4.23. The standard InChI is InChI=1S/C24H31N3O2S/c1-18-6-3-4-9-21(18)22(28)27-15-12-24(17-27)10-13-26(14-11-24)23(30)25-19-7-5-8-20(16-19)29-2/h4-9,16,21H,3,10-15,17H2,1-2H3,(H,25,30). The number of methoxy groups -OCH3 is 1. The van der Waals surface area contributed by atoms with E-state index in [-0.39, 0.29) is 17.2 Å². The highest BCUT2D eigenvalue weighted by Gasteiger charge is 2.43. The van der Waals surface area contributed by atoms with Crippen LogP contribution in [0.2, 0.25) is 0 Å². The van der Waals surface area contributed by atoms with E-state index in [1.54, 1.807) is 7.11 Å². The minimum atomic E-state index is -0.0615. The Balaban J connectivity index is 1.31. The second-order valence-electron chi connectivity index (χ2n) is 8.75. The first-order valence-corrected chi connectivity index (χ1v) is 11.2. The van der Waals surface area contributed by atoms with Crippen molar-refractivity contribution in [1.82, 2.24) is 9.80 Å². The van der Waals surface area contributed by atoms with Gasteiger partial charge < -0.3 is 19.9 Å². The molecule has 1 unspecified atom stereocenters. The molecule has 5 nitrogen and oxygen atoms in total. The monoisotopic (exact) mass is 425 g/mol. The van der Waals surface area contributed by atoms with Gasteiger partial charge in [-0.1, -0.05) is 29.9 Å². The second kappa shape index (κ2) is 8.80. The Bertz CT molecular complexity index is 871. The van der Waals surface area contributed by atoms with Crippen LogP contribution < -0.4 is 10.1 Å². The van der Waals surface area contributed by atoms with Crippen LogP contribution in [-0.2, 0) is 4.79 Å². The molecule has 3 aliphatic rings. The van der Waals surface area contributed by atoms with Crippen molar-refractivity contribution in [2.24, 2.45) is 11.3 Å². The lowest BCUT2D eigenvalue weighted by Crippen LogP contribution is -2.46. The van der Waals surface area contributed by atoms with Gasteiger partial charge in [-0.3, -0.25) is 4.79 Å². The molecule has 2 aliphatic heterocycles. The average molecular weight is 426 g/mol. The van der Waals surface area contributed by atoms with Crippen LogP contribution in [0, 0.1) is 11.3 Å². The molecular weight excluding hydrogens is 394 g/mol. The van der Waals surface area contributed by atoms with Crippen LogP contribution in [0.25, 0.3) is 0 Å². The molecule has 2 heterocycles. The van der Waals surface area contributed by atoms with E-state index in [1.165, 1.54) is 5.57 Å². The van der Waals surface area contributed by atoms with Crippen molar-refractivity contribution in [3.8, 4) is 5.75 Å². The summed E-state index contributed by atoms with van der Waals surface area (Å²) in [6.07, 6.45) is 10.5. The molecule has 2 saturated heterocycles. The minimum Gasteiger partial charge on any atom is -0.497 e. The van der Waals surface area contributed by atoms with E-state index >= 15 is 0 Å². The number of nitrogens with one attached hydrogen (secondary N) is 1. The lowest BCUT2D eigenvalue weighted by atomic mass is 9.78. The summed E-state index contributed by atoms with van der Waals surface area (Å²) in [7, 11) is 1.67. The lowest BCUT2D eigenvalue weighted by molar-refractivity contribution is -0.132. The van der Waals surface area contributed by atoms with E-state index < -0.39 is 0 Å². The highest BCUT2D eigenvalue weighted by atomic mass is 32.1. The normalized spacial score (nSPS) is 22.7. The summed E-state index contributed by atoms with van der Waals surface area (Å²) in [5.74, 6) is 1.02. The van der Waals surface area contributed by atoms with Gasteiger partial charge in [0.15, 0.2) is 5.11 Å². The van der Waals surface area contributed by atoms with Gasteiger partial charge >= 0.3 is 0 Å². The molecule has 0 bridgehead atoms. The minimum absolute atomic E-state index is 0.0615. The number of nitrogens with zero attached hydrogens (tertiary/aromatic N) is 2. The second-order valence-corrected chi connectivity index (χ2v) is 9.14. The zero-order chi connectivity index (χ0) is 21.1. The van der Waals surface area contributed by atoms with E-state index in [1.807, 2.05) is 24.3 Å². The van der Waals surface area contributed by atoms with Crippen LogP contribution in [0.4, 0.5) is 5.69 Å². The number of hydrogen-bond donors (Lipinski definition) is 1. The molecule has 1 aromatic carbocycles. The van der Waals surface area contributed by atoms with Crippen LogP contribution in [0.15, 0.2) is 48.1 Å². The van der Waals surface area contributed by atoms with Gasteiger partial charge in [-0.15, -0.1) is 0 Å². The molecule has 160 valence electrons. The maximum absolute atomic E-state index is 13.0. The van der Waals surface area contributed by atoms with Gasteiger partial charge in [-0.05, 0) is 62.4 Å². The third kappa shape index (κ3) is 4.38. The molecule has 1 spiro atoms. The summed E-state index contributed by atoms with van der Waals surface area (Å²) in [4.78, 5) is 17.4. The van der Waals surface area contributed by atoms with Crippen molar-refractivity contribution in [2.45, 2.75) is 32.6 Å². The molecule has 0 aromatic heterocycles. The Kier molecular flexibility index (Phi) is 6.14. The van der Waals surface area contributed by atoms with Gasteiger partial charge in [0, 0.05) is 37.9 Å². The first-order valence-electron chi connectivity index (χ1n) is 10.8. The Morgan fingerprint density at radius 2 is 1.93 bits per heavy atom. The molecule has 1 aliphatic carbocycles. The Morgan fingerprint density at radius 1 is 1.20 bits per heavy atom. The van der Waals surface area contributed by atoms with Crippen LogP contribution in [0.3, 0.4) is 0 Å². The highest BCUT2D eigenvalue weighted by Crippen LogP contribution is 2.41. The number of benzene rings is 1. The maximum Gasteiger partial charge on any atom is 0.233 e. The van der Waals surface area contributed by atoms with Crippen LogP contribution in [-0.4, -0.2) is 54.1 Å². The number of anilines is 1. The van der Waals surface area contributed by atoms with Crippen LogP contribution in [0.1, 0.15) is 32.6 Å². The Hall–Kier alpha value is -2.34. The Labute approximate surface area is 184 Å². The smallest absolute Gasteiger partial charge is 0.233 e. The van der Waals surface area contributed by atoms with Gasteiger partial charge in [-0.25, -0.2) is 0 Å². The van der Waals surface area contributed by atoms with Crippen molar-refractivity contribution >= 4 is 28.9 Å². The zero-order valence-corrected chi connectivity index (χ0v) is 18.7. The van der Waals surface area contributed by atoms with E-state index in [0.717, 1.165) is 68.4 Å². The number of allylic oxidation sites excluding steroid dienone is 2. The fourth-order valence-corrected chi connectivity index (χ4v) is 5.14. The molecule has 1 amide bonds. The molecule has 1 aromatic rings. The number of amides is 1. The maximum atomic E-state index is 13.0. The third-order valence-corrected chi connectivity index (χ3v) is 7.20. The first-order chi connectivity index (χ1) is 14.5. The fraction of sp³-hybridized carbons (Fsp3) is 0.500. The van der Waals surface area contributed by atoms with E-state index in [4.69, 9.17) is 17.0 Å². The fourth-order valence-electron chi connectivity index (χ4n) is 4.84. The van der Waals surface area contributed by atoms with Gasteiger partial charge in [0.05, 0.1) is 13.0 Å². The third-order valence-electron chi connectivity index (χ3n) is 6.84. The molecule has 6 heteroatoms. The Morgan fingerprint density at radius 3 is 2.63 bits per heavy atom. The lowest BCUT2D eigenvalue weighted by Gasteiger charge is -2.40. The van der Waals surface area contributed by atoms with E-state index in [0.29, 0.717) is 0 Å². The highest BCUT2D eigenvalue weighted by molar-refractivity contribution is 7.80. The van der Waals surface area contributed by atoms with Crippen molar-refractivity contribution in [1.29, 1.82) is 0 Å². The SMILES string of the molecule is COc1cccc(NC(=S)N2CCC3(CCN(C(=O)C4C=CCC=C4C)C3)CC2)c1. The summed E-state index contributed by atoms with van der Waals surface area (Å²) in [6.45, 7) is 5.70. The van der Waals surface area contributed by atoms with Crippen LogP contribution >= 0.6 is 12.2 Å². The van der Waals surface area contributed by atoms with E-state index in [2.05, 4.69) is 40.3 Å². The number of hydrogen-bond acceptors (Lipinski definition) is 3. The van der Waals surface area contributed by atoms with Crippen LogP contribution in [0.5, 0.6) is 5.75 Å². The number of ether oxygens (including phenoxy) is 1. The number of thiocarbonyl (C=S) groups is 1. The van der Waals surface area contributed by atoms with Gasteiger partial charge in [0.2, 0.25) is 5.91 Å². The molecule has 2 fully saturated rings. The summed E-state index contributed by atoms with van der Waals surface area (Å²) < 4.78 is 5.29. The van der Waals surface area contributed by atoms with Gasteiger partial charge in [-0.2, -0.15) is 0 Å². The molecule has 30 heavy (non-hydrogen) atoms. The number of piperidine rings is 1. The van der Waals surface area contributed by atoms with E-state index in [9.17, 15) is 4.79 Å². The van der Waals surface area contributed by atoms with Crippen molar-refractivity contribution in [2.75, 3.05) is 38.6 Å². The molecule has 0 saturated carbocycles. The van der Waals surface area contributed by atoms with Gasteiger partial charge in [0.1, 0.15) is 5.75 Å². The summed E-state index contributed by atoms with van der Waals surface area (Å²) in [5, 5.41) is 4.10. The number of rotatable bonds is 3. The first kappa shape index (κ1) is 20.9. The molecular formula is C24H31N3O2S. The topological polar surface area (TPSA) is 44.8 Å². The number of carbonyl (C=O) groups excluding carboxylic acids is 1. The molecule has 1 N–H and O–H groups in total. The predicted molar refractivity (Wildman–Crippen MR) is 125 cm³/mol. The molecule has 4 rings (SSSR count). The average Bonchev–Trinajstić information content (AvgIpc) is 3.17. The molecule has 1 atom stereocenters. The van der Waals surface area contributed by atoms with Crippen molar-refractivity contribution < 1.29 is 9.53 Å². The number of carbonyl (C=O) groups is 1. The van der Waals surface area contributed by atoms with Crippen molar-refractivity contribution in [3.05, 3.63) is 48.1 Å². The quantitative estimate of drug-likeness (QED) is 0.580. The van der Waals surface area contributed by atoms with Gasteiger partial charge in [0.25, 0.3) is 0 Å². The van der Waals surface area contributed by atoms with Crippen molar-refractivity contribution in [3.63, 3.8) is 0 Å². The molecule has 0 radical (unpaired) electrons. The summed E-state index contributed by atoms with van der Waals surface area (Å²) in [5.41, 5.74) is 2.38. The summed E-state index contributed by atoms with van der Waals surface area (Å²) in [6, 6.07) is 7.83. The summed E-state index contributed by atoms with van der Waals surface area (Å²) >= 11 is 5.66. The number of likely N-dealkylation sites (tertiary alicyclic amines) is 2. The largest absolute Gasteiger partial charge is 0.497 e.